The average molecular weight is 423 g/mol. The second kappa shape index (κ2) is 8.67. The molecule has 0 N–H and O–H groups in total. The van der Waals surface area contributed by atoms with Gasteiger partial charge in [-0.3, -0.25) is 9.59 Å². The number of fused-ring (bicyclic) bond motifs is 1. The molecule has 1 amide bonds. The summed E-state index contributed by atoms with van der Waals surface area (Å²) >= 11 is 1.34. The summed E-state index contributed by atoms with van der Waals surface area (Å²) in [6, 6.07) is 13.8. The molecule has 6 nitrogen and oxygen atoms in total. The van der Waals surface area contributed by atoms with Crippen LogP contribution in [0.1, 0.15) is 32.9 Å². The lowest BCUT2D eigenvalue weighted by molar-refractivity contribution is -0.147. The van der Waals surface area contributed by atoms with Crippen LogP contribution in [0.3, 0.4) is 0 Å². The number of nitrogens with zero attached hydrogens (tertiary/aromatic N) is 1. The Hall–Kier alpha value is -3.19. The molecule has 2 heterocycles. The summed E-state index contributed by atoms with van der Waals surface area (Å²) in [4.78, 5) is 39.9. The number of ketones is 1. The normalized spacial score (nSPS) is 15.9. The number of carbonyl (C=O) groups is 3. The van der Waals surface area contributed by atoms with Gasteiger partial charge in [-0.05, 0) is 53.3 Å². The van der Waals surface area contributed by atoms with Crippen molar-refractivity contribution in [3.8, 4) is 5.75 Å². The molecule has 30 heavy (non-hydrogen) atoms. The van der Waals surface area contributed by atoms with Gasteiger partial charge in [0.15, 0.2) is 12.4 Å². The van der Waals surface area contributed by atoms with Crippen molar-refractivity contribution in [1.82, 2.24) is 4.90 Å². The summed E-state index contributed by atoms with van der Waals surface area (Å²) in [6.45, 7) is 0.163. The second-order valence-electron chi connectivity index (χ2n) is 7.09. The summed E-state index contributed by atoms with van der Waals surface area (Å²) < 4.78 is 10.5. The van der Waals surface area contributed by atoms with Crippen molar-refractivity contribution in [1.29, 1.82) is 0 Å². The number of methoxy groups -OCH3 is 1. The van der Waals surface area contributed by atoms with Gasteiger partial charge in [0.2, 0.25) is 0 Å². The summed E-state index contributed by atoms with van der Waals surface area (Å²) in [5.41, 5.74) is 0.471. The SMILES string of the molecule is COc1ccc2cc(C(=O)COC(=O)C3CCCN3C(=O)c3cccs3)ccc2c1. The van der Waals surface area contributed by atoms with Crippen LogP contribution >= 0.6 is 11.3 Å². The molecule has 1 saturated heterocycles. The molecule has 0 spiro atoms. The molecule has 154 valence electrons. The maximum absolute atomic E-state index is 12.6. The lowest BCUT2D eigenvalue weighted by Gasteiger charge is -2.22. The van der Waals surface area contributed by atoms with Crippen LogP contribution in [0.15, 0.2) is 53.9 Å². The largest absolute Gasteiger partial charge is 0.497 e. The molecule has 0 saturated carbocycles. The van der Waals surface area contributed by atoms with Crippen molar-refractivity contribution < 1.29 is 23.9 Å². The number of ether oxygens (including phenoxy) is 2. The third kappa shape index (κ3) is 4.07. The van der Waals surface area contributed by atoms with Crippen molar-refractivity contribution >= 4 is 39.8 Å². The van der Waals surface area contributed by atoms with Gasteiger partial charge in [-0.15, -0.1) is 11.3 Å². The van der Waals surface area contributed by atoms with Crippen LogP contribution in [0.2, 0.25) is 0 Å². The van der Waals surface area contributed by atoms with E-state index in [0.717, 1.165) is 22.9 Å². The molecule has 1 aromatic heterocycles. The lowest BCUT2D eigenvalue weighted by atomic mass is 10.0. The highest BCUT2D eigenvalue weighted by Gasteiger charge is 2.36. The van der Waals surface area contributed by atoms with E-state index in [1.165, 1.54) is 11.3 Å². The maximum atomic E-state index is 12.6. The Morgan fingerprint density at radius 3 is 2.67 bits per heavy atom. The first-order valence-corrected chi connectivity index (χ1v) is 10.6. The molecule has 1 aliphatic heterocycles. The first kappa shape index (κ1) is 20.1. The van der Waals surface area contributed by atoms with Crippen molar-refractivity contribution in [3.63, 3.8) is 0 Å². The molecule has 3 aromatic rings. The first-order valence-electron chi connectivity index (χ1n) is 9.69. The predicted octanol–water partition coefficient (Wildman–Crippen LogP) is 3.94. The van der Waals surface area contributed by atoms with Crippen LogP contribution in [0.5, 0.6) is 5.75 Å². The number of thiophene rings is 1. The molecule has 7 heteroatoms. The number of amides is 1. The highest BCUT2D eigenvalue weighted by molar-refractivity contribution is 7.12. The number of Topliss-reactive ketones (excluding diaryl/α,β-unsaturated/α-hetero) is 1. The number of esters is 1. The Kier molecular flexibility index (Phi) is 5.81. The molecule has 1 aliphatic rings. The van der Waals surface area contributed by atoms with E-state index in [2.05, 4.69) is 0 Å². The van der Waals surface area contributed by atoms with Crippen molar-refractivity contribution in [3.05, 3.63) is 64.4 Å². The van der Waals surface area contributed by atoms with Gasteiger partial charge in [-0.2, -0.15) is 0 Å². The summed E-state index contributed by atoms with van der Waals surface area (Å²) in [5.74, 6) is -0.235. The number of likely N-dealkylation sites (tertiary alicyclic amines) is 1. The van der Waals surface area contributed by atoms with Crippen LogP contribution in [0.25, 0.3) is 10.8 Å². The van der Waals surface area contributed by atoms with Crippen LogP contribution < -0.4 is 4.74 Å². The van der Waals surface area contributed by atoms with Crippen molar-refractivity contribution in [2.75, 3.05) is 20.3 Å². The molecule has 1 fully saturated rings. The molecular weight excluding hydrogens is 402 g/mol. The minimum atomic E-state index is -0.642. The van der Waals surface area contributed by atoms with Gasteiger partial charge < -0.3 is 14.4 Å². The fourth-order valence-corrected chi connectivity index (χ4v) is 4.32. The molecule has 2 aromatic carbocycles. The highest BCUT2D eigenvalue weighted by atomic mass is 32.1. The van der Waals surface area contributed by atoms with Gasteiger partial charge in [0.25, 0.3) is 5.91 Å². The quantitative estimate of drug-likeness (QED) is 0.444. The molecular formula is C23H21NO5S. The van der Waals surface area contributed by atoms with Crippen molar-refractivity contribution in [2.24, 2.45) is 0 Å². The van der Waals surface area contributed by atoms with Gasteiger partial charge >= 0.3 is 5.97 Å². The number of benzene rings is 2. The van der Waals surface area contributed by atoms with Gasteiger partial charge in [0.1, 0.15) is 11.8 Å². The van der Waals surface area contributed by atoms with E-state index in [1.807, 2.05) is 29.6 Å². The average Bonchev–Trinajstić information content (AvgIpc) is 3.48. The van der Waals surface area contributed by atoms with Crippen molar-refractivity contribution in [2.45, 2.75) is 18.9 Å². The van der Waals surface area contributed by atoms with E-state index in [0.29, 0.717) is 23.4 Å². The fraction of sp³-hybridized carbons (Fsp3) is 0.261. The Morgan fingerprint density at radius 1 is 1.10 bits per heavy atom. The van der Waals surface area contributed by atoms with E-state index in [-0.39, 0.29) is 18.3 Å². The van der Waals surface area contributed by atoms with E-state index in [1.54, 1.807) is 36.3 Å². The van der Waals surface area contributed by atoms with Crippen LogP contribution in [0.4, 0.5) is 0 Å². The van der Waals surface area contributed by atoms with Gasteiger partial charge in [0, 0.05) is 12.1 Å². The number of carbonyl (C=O) groups excluding carboxylic acids is 3. The molecule has 0 aliphatic carbocycles. The van der Waals surface area contributed by atoms with Crippen LogP contribution in [0, 0.1) is 0 Å². The number of hydrogen-bond acceptors (Lipinski definition) is 6. The summed E-state index contributed by atoms with van der Waals surface area (Å²) in [7, 11) is 1.60. The predicted molar refractivity (Wildman–Crippen MR) is 114 cm³/mol. The third-order valence-corrected chi connectivity index (χ3v) is 6.09. The number of hydrogen-bond donors (Lipinski definition) is 0. The van der Waals surface area contributed by atoms with Gasteiger partial charge in [0.05, 0.1) is 12.0 Å². The third-order valence-electron chi connectivity index (χ3n) is 5.23. The van der Waals surface area contributed by atoms with E-state index in [9.17, 15) is 14.4 Å². The molecule has 1 atom stereocenters. The standard InChI is InChI=1S/C23H21NO5S/c1-28-18-9-8-15-12-17(7-6-16(15)13-18)20(25)14-29-23(27)19-4-2-10-24(19)22(26)21-5-3-11-30-21/h3,5-9,11-13,19H,2,4,10,14H2,1H3. The van der Waals surface area contributed by atoms with Crippen LogP contribution in [-0.2, 0) is 9.53 Å². The minimum absolute atomic E-state index is 0.166. The fourth-order valence-electron chi connectivity index (χ4n) is 3.64. The molecule has 4 rings (SSSR count). The Balaban J connectivity index is 1.40. The van der Waals surface area contributed by atoms with E-state index >= 15 is 0 Å². The summed E-state index contributed by atoms with van der Waals surface area (Å²) in [6.07, 6.45) is 1.28. The second-order valence-corrected chi connectivity index (χ2v) is 8.04. The zero-order chi connectivity index (χ0) is 21.1. The molecule has 0 radical (unpaired) electrons. The Morgan fingerprint density at radius 2 is 1.90 bits per heavy atom. The number of rotatable bonds is 6. The molecule has 0 bridgehead atoms. The van der Waals surface area contributed by atoms with Gasteiger partial charge in [-0.25, -0.2) is 4.79 Å². The Bertz CT molecular complexity index is 1090. The molecule has 1 unspecified atom stereocenters. The first-order chi connectivity index (χ1) is 14.6. The highest BCUT2D eigenvalue weighted by Crippen LogP contribution is 2.24. The smallest absolute Gasteiger partial charge is 0.329 e. The summed E-state index contributed by atoms with van der Waals surface area (Å²) in [5, 5.41) is 3.68. The minimum Gasteiger partial charge on any atom is -0.497 e. The van der Waals surface area contributed by atoms with E-state index < -0.39 is 12.0 Å². The zero-order valence-corrected chi connectivity index (χ0v) is 17.3. The van der Waals surface area contributed by atoms with E-state index in [4.69, 9.17) is 9.47 Å². The lowest BCUT2D eigenvalue weighted by Crippen LogP contribution is -2.41. The Labute approximate surface area is 178 Å². The van der Waals surface area contributed by atoms with Crippen LogP contribution in [-0.4, -0.2) is 48.9 Å². The zero-order valence-electron chi connectivity index (χ0n) is 16.5. The van der Waals surface area contributed by atoms with Gasteiger partial charge in [-0.1, -0.05) is 24.3 Å². The topological polar surface area (TPSA) is 72.9 Å². The maximum Gasteiger partial charge on any atom is 0.329 e. The monoisotopic (exact) mass is 423 g/mol.